The molecule has 0 bridgehead atoms. The van der Waals surface area contributed by atoms with E-state index in [1.165, 1.54) is 11.3 Å². The first kappa shape index (κ1) is 20.1. The molecule has 2 heterocycles. The number of fused-ring (bicyclic) bond motifs is 1. The summed E-state index contributed by atoms with van der Waals surface area (Å²) in [5.41, 5.74) is 3.04. The molecule has 4 rings (SSSR count). The van der Waals surface area contributed by atoms with Crippen molar-refractivity contribution < 1.29 is 18.0 Å². The molecule has 2 amide bonds. The Balaban J connectivity index is 1.61. The van der Waals surface area contributed by atoms with Crippen LogP contribution < -0.4 is 10.6 Å². The average molecular weight is 433 g/mol. The van der Waals surface area contributed by atoms with Gasteiger partial charge in [0.25, 0.3) is 11.8 Å². The highest BCUT2D eigenvalue weighted by atomic mass is 32.2. The quantitative estimate of drug-likeness (QED) is 0.777. The minimum absolute atomic E-state index is 0.0178. The van der Waals surface area contributed by atoms with Gasteiger partial charge in [-0.1, -0.05) is 17.7 Å². The lowest BCUT2D eigenvalue weighted by atomic mass is 9.95. The molecule has 1 fully saturated rings. The van der Waals surface area contributed by atoms with Gasteiger partial charge >= 0.3 is 0 Å². The van der Waals surface area contributed by atoms with E-state index in [0.717, 1.165) is 41.7 Å². The smallest absolute Gasteiger partial charge is 0.256 e. The summed E-state index contributed by atoms with van der Waals surface area (Å²) in [6.45, 7) is 1.93. The number of hydrogen-bond donors (Lipinski definition) is 2. The fourth-order valence-electron chi connectivity index (χ4n) is 4.02. The molecule has 2 N–H and O–H groups in total. The third kappa shape index (κ3) is 4.38. The van der Waals surface area contributed by atoms with Gasteiger partial charge in [-0.15, -0.1) is 11.3 Å². The predicted molar refractivity (Wildman–Crippen MR) is 115 cm³/mol. The number of nitrogens with one attached hydrogen (secondary N) is 2. The normalized spacial score (nSPS) is 20.1. The van der Waals surface area contributed by atoms with Gasteiger partial charge in [0.15, 0.2) is 9.84 Å². The Kier molecular flexibility index (Phi) is 5.48. The number of hydrogen-bond acceptors (Lipinski definition) is 5. The molecule has 29 heavy (non-hydrogen) atoms. The van der Waals surface area contributed by atoms with Gasteiger partial charge in [-0.25, -0.2) is 8.42 Å². The van der Waals surface area contributed by atoms with E-state index in [0.29, 0.717) is 22.5 Å². The molecule has 2 aliphatic rings. The van der Waals surface area contributed by atoms with Gasteiger partial charge in [-0.2, -0.15) is 0 Å². The number of carbonyl (C=O) groups excluding carboxylic acids is 2. The largest absolute Gasteiger partial charge is 0.348 e. The number of benzene rings is 1. The number of aryl methyl sites for hydroxylation is 2. The zero-order valence-electron chi connectivity index (χ0n) is 16.3. The van der Waals surface area contributed by atoms with Gasteiger partial charge in [0, 0.05) is 16.5 Å². The lowest BCUT2D eigenvalue weighted by Crippen LogP contribution is -2.36. The van der Waals surface area contributed by atoms with Crippen molar-refractivity contribution >= 4 is 38.0 Å². The standard InChI is InChI=1S/C21H24N2O4S2/c1-13-5-4-6-14(11-13)19(24)23-21-18(16-7-2-3-8-17(16)28-21)20(25)22-15-9-10-29(26,27)12-15/h4-6,11,15H,2-3,7-10,12H2,1H3,(H,22,25)(H,23,24)/t15-/m0/s1. The molecule has 0 radical (unpaired) electrons. The van der Waals surface area contributed by atoms with Crippen molar-refractivity contribution in [2.75, 3.05) is 16.8 Å². The van der Waals surface area contributed by atoms with Gasteiger partial charge in [0.1, 0.15) is 5.00 Å². The van der Waals surface area contributed by atoms with Crippen molar-refractivity contribution in [1.82, 2.24) is 5.32 Å². The first-order valence-electron chi connectivity index (χ1n) is 9.86. The maximum atomic E-state index is 13.1. The van der Waals surface area contributed by atoms with Crippen LogP contribution in [-0.4, -0.2) is 37.8 Å². The molecule has 1 aromatic heterocycles. The van der Waals surface area contributed by atoms with Gasteiger partial charge in [-0.3, -0.25) is 9.59 Å². The maximum Gasteiger partial charge on any atom is 0.256 e. The number of thiophene rings is 1. The Morgan fingerprint density at radius 1 is 1.14 bits per heavy atom. The maximum absolute atomic E-state index is 13.1. The van der Waals surface area contributed by atoms with E-state index >= 15 is 0 Å². The van der Waals surface area contributed by atoms with E-state index in [-0.39, 0.29) is 29.4 Å². The van der Waals surface area contributed by atoms with E-state index in [1.807, 2.05) is 25.1 Å². The summed E-state index contributed by atoms with van der Waals surface area (Å²) in [5.74, 6) is -0.442. The van der Waals surface area contributed by atoms with Crippen LogP contribution in [0, 0.1) is 6.92 Å². The molecule has 0 spiro atoms. The Bertz CT molecular complexity index is 1070. The first-order chi connectivity index (χ1) is 13.8. The van der Waals surface area contributed by atoms with Crippen molar-refractivity contribution in [2.24, 2.45) is 0 Å². The summed E-state index contributed by atoms with van der Waals surface area (Å²) in [7, 11) is -3.08. The Hall–Kier alpha value is -2.19. The van der Waals surface area contributed by atoms with Crippen molar-refractivity contribution in [3.8, 4) is 0 Å². The number of anilines is 1. The Morgan fingerprint density at radius 2 is 1.93 bits per heavy atom. The fraction of sp³-hybridized carbons (Fsp3) is 0.429. The zero-order chi connectivity index (χ0) is 20.6. The molecule has 1 saturated heterocycles. The summed E-state index contributed by atoms with van der Waals surface area (Å²) in [5, 5.41) is 6.38. The summed E-state index contributed by atoms with van der Waals surface area (Å²) < 4.78 is 23.5. The van der Waals surface area contributed by atoms with Crippen LogP contribution in [0.2, 0.25) is 0 Å². The molecular formula is C21H24N2O4S2. The van der Waals surface area contributed by atoms with Crippen molar-refractivity contribution in [3.05, 3.63) is 51.4 Å². The molecule has 0 saturated carbocycles. The average Bonchev–Trinajstić information content (AvgIpc) is 3.20. The lowest BCUT2D eigenvalue weighted by Gasteiger charge is -2.15. The summed E-state index contributed by atoms with van der Waals surface area (Å²) in [6.07, 6.45) is 4.22. The molecule has 1 aromatic carbocycles. The van der Waals surface area contributed by atoms with Gasteiger partial charge in [-0.05, 0) is 56.7 Å². The van der Waals surface area contributed by atoms with Crippen LogP contribution in [0.25, 0.3) is 0 Å². The number of amides is 2. The van der Waals surface area contributed by atoms with E-state index in [9.17, 15) is 18.0 Å². The summed E-state index contributed by atoms with van der Waals surface area (Å²) >= 11 is 1.46. The van der Waals surface area contributed by atoms with Crippen LogP contribution in [0.1, 0.15) is 56.0 Å². The second kappa shape index (κ2) is 7.91. The van der Waals surface area contributed by atoms with Crippen LogP contribution >= 0.6 is 11.3 Å². The lowest BCUT2D eigenvalue weighted by molar-refractivity contribution is 0.0941. The second-order valence-electron chi connectivity index (χ2n) is 7.81. The van der Waals surface area contributed by atoms with E-state index in [4.69, 9.17) is 0 Å². The monoisotopic (exact) mass is 432 g/mol. The second-order valence-corrected chi connectivity index (χ2v) is 11.1. The molecular weight excluding hydrogens is 408 g/mol. The van der Waals surface area contributed by atoms with Crippen LogP contribution in [0.4, 0.5) is 5.00 Å². The van der Waals surface area contributed by atoms with Crippen LogP contribution in [0.15, 0.2) is 24.3 Å². The zero-order valence-corrected chi connectivity index (χ0v) is 17.9. The third-order valence-corrected chi connectivity index (χ3v) is 8.45. The van der Waals surface area contributed by atoms with Gasteiger partial charge in [0.05, 0.1) is 17.1 Å². The number of rotatable bonds is 4. The SMILES string of the molecule is Cc1cccc(C(=O)Nc2sc3c(c2C(=O)N[C@H]2CCS(=O)(=O)C2)CCCC3)c1. The molecule has 2 aromatic rings. The first-order valence-corrected chi connectivity index (χ1v) is 12.5. The number of sulfone groups is 1. The van der Waals surface area contributed by atoms with Gasteiger partial charge in [0.2, 0.25) is 0 Å². The highest BCUT2D eigenvalue weighted by molar-refractivity contribution is 7.91. The molecule has 0 unspecified atom stereocenters. The molecule has 8 heteroatoms. The molecule has 1 aliphatic heterocycles. The van der Waals surface area contributed by atoms with E-state index in [2.05, 4.69) is 10.6 Å². The summed E-state index contributed by atoms with van der Waals surface area (Å²) in [6, 6.07) is 6.95. The van der Waals surface area contributed by atoms with Crippen LogP contribution in [-0.2, 0) is 22.7 Å². The van der Waals surface area contributed by atoms with Crippen molar-refractivity contribution in [2.45, 2.75) is 45.1 Å². The van der Waals surface area contributed by atoms with Crippen molar-refractivity contribution in [1.29, 1.82) is 0 Å². The topological polar surface area (TPSA) is 92.3 Å². The molecule has 6 nitrogen and oxygen atoms in total. The number of carbonyl (C=O) groups is 2. The van der Waals surface area contributed by atoms with E-state index in [1.54, 1.807) is 6.07 Å². The fourth-order valence-corrected chi connectivity index (χ4v) is 6.98. The minimum atomic E-state index is -3.08. The Labute approximate surface area is 174 Å². The molecule has 154 valence electrons. The third-order valence-electron chi connectivity index (χ3n) is 5.47. The van der Waals surface area contributed by atoms with Gasteiger partial charge < -0.3 is 10.6 Å². The Morgan fingerprint density at radius 3 is 2.66 bits per heavy atom. The van der Waals surface area contributed by atoms with E-state index < -0.39 is 9.84 Å². The minimum Gasteiger partial charge on any atom is -0.348 e. The van der Waals surface area contributed by atoms with Crippen LogP contribution in [0.3, 0.4) is 0 Å². The molecule has 1 aliphatic carbocycles. The highest BCUT2D eigenvalue weighted by Gasteiger charge is 2.32. The highest BCUT2D eigenvalue weighted by Crippen LogP contribution is 2.38. The predicted octanol–water partition coefficient (Wildman–Crippen LogP) is 3.10. The van der Waals surface area contributed by atoms with Crippen molar-refractivity contribution in [3.63, 3.8) is 0 Å². The van der Waals surface area contributed by atoms with Crippen LogP contribution in [0.5, 0.6) is 0 Å². The summed E-state index contributed by atoms with van der Waals surface area (Å²) in [4.78, 5) is 27.0. The molecule has 1 atom stereocenters.